The van der Waals surface area contributed by atoms with Crippen molar-refractivity contribution < 1.29 is 8.42 Å². The summed E-state index contributed by atoms with van der Waals surface area (Å²) < 4.78 is 25.8. The highest BCUT2D eigenvalue weighted by Crippen LogP contribution is 2.10. The van der Waals surface area contributed by atoms with E-state index in [9.17, 15) is 8.42 Å². The van der Waals surface area contributed by atoms with Gasteiger partial charge in [0.25, 0.3) is 10.0 Å². The fourth-order valence-electron chi connectivity index (χ4n) is 1.60. The zero-order valence-electron chi connectivity index (χ0n) is 10.1. The fourth-order valence-corrected chi connectivity index (χ4v) is 2.11. The number of aryl methyl sites for hydroxylation is 2. The highest BCUT2D eigenvalue weighted by Gasteiger charge is 2.16. The summed E-state index contributed by atoms with van der Waals surface area (Å²) in [5.41, 5.74) is 0. The topological polar surface area (TPSA) is 109 Å². The third-order valence-corrected chi connectivity index (χ3v) is 3.34. The molecular formula is C9H14N6O2S. The van der Waals surface area contributed by atoms with Crippen molar-refractivity contribution in [1.29, 1.82) is 0 Å². The van der Waals surface area contributed by atoms with Gasteiger partial charge in [-0.2, -0.15) is 5.10 Å². The fraction of sp³-hybridized carbons (Fsp3) is 0.444. The molecule has 18 heavy (non-hydrogen) atoms. The standard InChI is InChI=1S/C9H14N6O2S/c1-3-7-13-9(18(10,16)17)5-15(7)4-8-11-6-12-14(8)2/h5-6H,3-4H2,1-2H3,(H2,10,16,17). The lowest BCUT2D eigenvalue weighted by atomic mass is 10.4. The van der Waals surface area contributed by atoms with E-state index < -0.39 is 10.0 Å². The summed E-state index contributed by atoms with van der Waals surface area (Å²) >= 11 is 0. The lowest BCUT2D eigenvalue weighted by molar-refractivity contribution is 0.594. The first-order valence-corrected chi connectivity index (χ1v) is 6.88. The molecule has 0 amide bonds. The lowest BCUT2D eigenvalue weighted by Crippen LogP contribution is -2.12. The minimum absolute atomic E-state index is 0.124. The molecule has 0 fully saturated rings. The van der Waals surface area contributed by atoms with Gasteiger partial charge >= 0.3 is 0 Å². The third kappa shape index (κ3) is 2.41. The first-order chi connectivity index (χ1) is 8.41. The summed E-state index contributed by atoms with van der Waals surface area (Å²) in [5.74, 6) is 1.35. The molecule has 2 aromatic rings. The van der Waals surface area contributed by atoms with E-state index >= 15 is 0 Å². The van der Waals surface area contributed by atoms with E-state index in [1.54, 1.807) is 16.3 Å². The summed E-state index contributed by atoms with van der Waals surface area (Å²) in [6.45, 7) is 2.30. The van der Waals surface area contributed by atoms with Crippen LogP contribution in [0.25, 0.3) is 0 Å². The number of hydrogen-bond acceptors (Lipinski definition) is 5. The molecule has 0 atom stereocenters. The number of hydrogen-bond donors (Lipinski definition) is 1. The van der Waals surface area contributed by atoms with E-state index in [0.29, 0.717) is 24.6 Å². The van der Waals surface area contributed by atoms with Gasteiger partial charge in [0.1, 0.15) is 18.0 Å². The van der Waals surface area contributed by atoms with E-state index in [4.69, 9.17) is 5.14 Å². The molecule has 0 aromatic carbocycles. The molecule has 0 saturated carbocycles. The average Bonchev–Trinajstić information content (AvgIpc) is 2.86. The average molecular weight is 270 g/mol. The third-order valence-electron chi connectivity index (χ3n) is 2.56. The molecule has 0 aliphatic heterocycles. The second kappa shape index (κ2) is 4.50. The Kier molecular flexibility index (Phi) is 3.18. The highest BCUT2D eigenvalue weighted by atomic mass is 32.2. The van der Waals surface area contributed by atoms with Gasteiger partial charge in [-0.25, -0.2) is 23.5 Å². The molecule has 0 spiro atoms. The Labute approximate surface area is 105 Å². The van der Waals surface area contributed by atoms with Crippen molar-refractivity contribution in [2.24, 2.45) is 12.2 Å². The maximum absolute atomic E-state index is 11.3. The van der Waals surface area contributed by atoms with Gasteiger partial charge in [-0.1, -0.05) is 6.92 Å². The Morgan fingerprint density at radius 2 is 2.11 bits per heavy atom. The second-order valence-electron chi connectivity index (χ2n) is 3.82. The van der Waals surface area contributed by atoms with Gasteiger partial charge in [0.15, 0.2) is 5.03 Å². The van der Waals surface area contributed by atoms with Gasteiger partial charge in [-0.15, -0.1) is 0 Å². The Balaban J connectivity index is 2.39. The van der Waals surface area contributed by atoms with Crippen LogP contribution in [0.1, 0.15) is 18.6 Å². The number of imidazole rings is 1. The second-order valence-corrected chi connectivity index (χ2v) is 5.33. The number of aromatic nitrogens is 5. The van der Waals surface area contributed by atoms with Crippen molar-refractivity contribution >= 4 is 10.0 Å². The van der Waals surface area contributed by atoms with Gasteiger partial charge < -0.3 is 4.57 Å². The summed E-state index contributed by atoms with van der Waals surface area (Å²) in [6.07, 6.45) is 3.47. The van der Waals surface area contributed by atoms with E-state index in [1.807, 2.05) is 6.92 Å². The normalized spacial score (nSPS) is 11.9. The summed E-state index contributed by atoms with van der Waals surface area (Å²) in [6, 6.07) is 0. The molecule has 0 aliphatic rings. The molecule has 0 radical (unpaired) electrons. The molecule has 0 bridgehead atoms. The van der Waals surface area contributed by atoms with Crippen LogP contribution in [-0.4, -0.2) is 32.7 Å². The molecule has 2 N–H and O–H groups in total. The molecular weight excluding hydrogens is 256 g/mol. The van der Waals surface area contributed by atoms with Crippen molar-refractivity contribution in [3.05, 3.63) is 24.2 Å². The minimum atomic E-state index is -3.78. The van der Waals surface area contributed by atoms with Crippen LogP contribution < -0.4 is 5.14 Å². The quantitative estimate of drug-likeness (QED) is 0.787. The first kappa shape index (κ1) is 12.7. The molecule has 2 heterocycles. The van der Waals surface area contributed by atoms with Crippen LogP contribution in [0, 0.1) is 0 Å². The first-order valence-electron chi connectivity index (χ1n) is 5.33. The predicted octanol–water partition coefficient (Wildman–Crippen LogP) is -0.730. The van der Waals surface area contributed by atoms with Gasteiger partial charge in [0, 0.05) is 19.7 Å². The van der Waals surface area contributed by atoms with E-state index in [1.165, 1.54) is 12.5 Å². The summed E-state index contributed by atoms with van der Waals surface area (Å²) in [4.78, 5) is 8.08. The minimum Gasteiger partial charge on any atom is -0.326 e. The largest absolute Gasteiger partial charge is 0.326 e. The zero-order valence-corrected chi connectivity index (χ0v) is 10.9. The van der Waals surface area contributed by atoms with E-state index in [0.717, 1.165) is 0 Å². The van der Waals surface area contributed by atoms with Crippen molar-refractivity contribution in [2.75, 3.05) is 0 Å². The molecule has 98 valence electrons. The zero-order chi connectivity index (χ0) is 13.3. The van der Waals surface area contributed by atoms with Gasteiger partial charge in [-0.05, 0) is 0 Å². The molecule has 9 heteroatoms. The van der Waals surface area contributed by atoms with Crippen LogP contribution in [0.15, 0.2) is 17.6 Å². The van der Waals surface area contributed by atoms with Crippen LogP contribution in [0.2, 0.25) is 0 Å². The molecule has 0 saturated heterocycles. The van der Waals surface area contributed by atoms with Gasteiger partial charge in [0.05, 0.1) is 6.54 Å². The molecule has 0 unspecified atom stereocenters. The molecule has 8 nitrogen and oxygen atoms in total. The molecule has 0 aliphatic carbocycles. The number of rotatable bonds is 4. The van der Waals surface area contributed by atoms with Crippen molar-refractivity contribution in [1.82, 2.24) is 24.3 Å². The van der Waals surface area contributed by atoms with Crippen molar-refractivity contribution in [3.63, 3.8) is 0 Å². The summed E-state index contributed by atoms with van der Waals surface area (Å²) in [7, 11) is -2.01. The van der Waals surface area contributed by atoms with Crippen molar-refractivity contribution in [3.8, 4) is 0 Å². The number of sulfonamides is 1. The van der Waals surface area contributed by atoms with Crippen LogP contribution in [-0.2, 0) is 30.0 Å². The Morgan fingerprint density at radius 3 is 2.61 bits per heavy atom. The number of nitrogens with two attached hydrogens (primary N) is 1. The Hall–Kier alpha value is -1.74. The molecule has 2 rings (SSSR count). The van der Waals surface area contributed by atoms with Crippen LogP contribution in [0.5, 0.6) is 0 Å². The van der Waals surface area contributed by atoms with E-state index in [-0.39, 0.29) is 5.03 Å². The van der Waals surface area contributed by atoms with Crippen molar-refractivity contribution in [2.45, 2.75) is 24.9 Å². The molecule has 2 aromatic heterocycles. The van der Waals surface area contributed by atoms with Crippen LogP contribution in [0.4, 0.5) is 0 Å². The van der Waals surface area contributed by atoms with Gasteiger partial charge in [-0.3, -0.25) is 4.68 Å². The smallest absolute Gasteiger partial charge is 0.257 e. The monoisotopic (exact) mass is 270 g/mol. The Morgan fingerprint density at radius 1 is 1.39 bits per heavy atom. The lowest BCUT2D eigenvalue weighted by Gasteiger charge is -2.04. The van der Waals surface area contributed by atoms with Gasteiger partial charge in [0.2, 0.25) is 0 Å². The van der Waals surface area contributed by atoms with Crippen LogP contribution >= 0.6 is 0 Å². The maximum atomic E-state index is 11.3. The van der Waals surface area contributed by atoms with Crippen LogP contribution in [0.3, 0.4) is 0 Å². The Bertz CT molecular complexity index is 656. The SMILES string of the molecule is CCc1nc(S(N)(=O)=O)cn1Cc1ncnn1C. The number of nitrogens with zero attached hydrogens (tertiary/aromatic N) is 5. The highest BCUT2D eigenvalue weighted by molar-refractivity contribution is 7.89. The van der Waals surface area contributed by atoms with E-state index in [2.05, 4.69) is 15.1 Å². The summed E-state index contributed by atoms with van der Waals surface area (Å²) in [5, 5.41) is 8.89. The number of primary sulfonamides is 1. The maximum Gasteiger partial charge on any atom is 0.257 e. The predicted molar refractivity (Wildman–Crippen MR) is 63.1 cm³/mol.